The van der Waals surface area contributed by atoms with Crippen molar-refractivity contribution in [2.24, 2.45) is 5.92 Å². The number of benzene rings is 1. The first kappa shape index (κ1) is 14.6. The van der Waals surface area contributed by atoms with Crippen LogP contribution in [0.4, 0.5) is 4.39 Å². The average Bonchev–Trinajstić information content (AvgIpc) is 2.33. The van der Waals surface area contributed by atoms with Crippen molar-refractivity contribution in [2.45, 2.75) is 26.3 Å². The highest BCUT2D eigenvalue weighted by molar-refractivity contribution is 9.10. The zero-order valence-corrected chi connectivity index (χ0v) is 11.6. The normalized spacial score (nSPS) is 12.7. The van der Waals surface area contributed by atoms with Crippen LogP contribution in [-0.4, -0.2) is 18.3 Å². The van der Waals surface area contributed by atoms with E-state index in [2.05, 4.69) is 28.2 Å². The van der Waals surface area contributed by atoms with Gasteiger partial charge in [0.05, 0.1) is 4.47 Å². The summed E-state index contributed by atoms with van der Waals surface area (Å²) in [5.74, 6) is 0.249. The molecule has 17 heavy (non-hydrogen) atoms. The number of aliphatic hydroxyl groups excluding tert-OH is 1. The molecule has 4 heteroatoms. The third-order valence-corrected chi connectivity index (χ3v) is 3.78. The number of rotatable bonds is 7. The van der Waals surface area contributed by atoms with Crippen LogP contribution in [0.25, 0.3) is 0 Å². The molecule has 0 saturated heterocycles. The maximum Gasteiger partial charge on any atom is 0.137 e. The van der Waals surface area contributed by atoms with Crippen molar-refractivity contribution in [1.82, 2.24) is 5.32 Å². The van der Waals surface area contributed by atoms with Crippen LogP contribution in [-0.2, 0) is 6.54 Å². The zero-order valence-electron chi connectivity index (χ0n) is 10.0. The smallest absolute Gasteiger partial charge is 0.137 e. The van der Waals surface area contributed by atoms with Gasteiger partial charge in [-0.15, -0.1) is 0 Å². The molecular weight excluding hydrogens is 285 g/mol. The quantitative estimate of drug-likeness (QED) is 0.811. The molecule has 0 fully saturated rings. The van der Waals surface area contributed by atoms with Crippen molar-refractivity contribution in [3.8, 4) is 0 Å². The van der Waals surface area contributed by atoms with E-state index in [4.69, 9.17) is 5.11 Å². The highest BCUT2D eigenvalue weighted by atomic mass is 79.9. The zero-order chi connectivity index (χ0) is 12.7. The summed E-state index contributed by atoms with van der Waals surface area (Å²) >= 11 is 3.24. The lowest BCUT2D eigenvalue weighted by molar-refractivity contribution is 0.251. The highest BCUT2D eigenvalue weighted by Gasteiger charge is 2.07. The van der Waals surface area contributed by atoms with Crippen LogP contribution in [0.2, 0.25) is 0 Å². The van der Waals surface area contributed by atoms with Gasteiger partial charge >= 0.3 is 0 Å². The van der Waals surface area contributed by atoms with Crippen molar-refractivity contribution in [2.75, 3.05) is 13.2 Å². The fourth-order valence-corrected chi connectivity index (χ4v) is 2.13. The summed E-state index contributed by atoms with van der Waals surface area (Å²) in [4.78, 5) is 0. The molecule has 1 aromatic rings. The molecule has 0 amide bonds. The van der Waals surface area contributed by atoms with Crippen LogP contribution in [0, 0.1) is 11.7 Å². The Hall–Kier alpha value is -0.450. The Morgan fingerprint density at radius 3 is 2.88 bits per heavy atom. The van der Waals surface area contributed by atoms with Gasteiger partial charge in [0.25, 0.3) is 0 Å². The molecule has 0 aliphatic carbocycles. The third-order valence-electron chi connectivity index (χ3n) is 2.89. The van der Waals surface area contributed by atoms with E-state index < -0.39 is 0 Å². The van der Waals surface area contributed by atoms with Crippen LogP contribution >= 0.6 is 15.9 Å². The van der Waals surface area contributed by atoms with E-state index in [0.717, 1.165) is 24.9 Å². The van der Waals surface area contributed by atoms with Crippen LogP contribution in [0.5, 0.6) is 0 Å². The molecule has 0 bridgehead atoms. The molecule has 0 heterocycles. The van der Waals surface area contributed by atoms with Crippen LogP contribution in [0.3, 0.4) is 0 Å². The number of halogens is 2. The summed E-state index contributed by atoms with van der Waals surface area (Å²) in [5.41, 5.74) is 0.920. The van der Waals surface area contributed by atoms with Gasteiger partial charge in [0.2, 0.25) is 0 Å². The molecule has 2 N–H and O–H groups in total. The summed E-state index contributed by atoms with van der Waals surface area (Å²) in [7, 11) is 0. The van der Waals surface area contributed by atoms with E-state index >= 15 is 0 Å². The van der Waals surface area contributed by atoms with Crippen molar-refractivity contribution in [3.63, 3.8) is 0 Å². The Balaban J connectivity index is 2.42. The standard InChI is InChI=1S/C13H19BrFNO/c1-2-10(6-7-17)8-16-9-11-4-3-5-12(15)13(11)14/h3-5,10,16-17H,2,6-9H2,1H3. The van der Waals surface area contributed by atoms with Crippen molar-refractivity contribution in [3.05, 3.63) is 34.1 Å². The Labute approximate surface area is 110 Å². The molecule has 1 aromatic carbocycles. The number of hydrogen-bond donors (Lipinski definition) is 2. The fraction of sp³-hybridized carbons (Fsp3) is 0.538. The van der Waals surface area contributed by atoms with Crippen LogP contribution in [0.15, 0.2) is 22.7 Å². The third kappa shape index (κ3) is 4.74. The predicted octanol–water partition coefficient (Wildman–Crippen LogP) is 3.09. The van der Waals surface area contributed by atoms with E-state index in [-0.39, 0.29) is 12.4 Å². The van der Waals surface area contributed by atoms with Crippen molar-refractivity contribution < 1.29 is 9.50 Å². The monoisotopic (exact) mass is 303 g/mol. The Kier molecular flexibility index (Phi) is 6.70. The van der Waals surface area contributed by atoms with Gasteiger partial charge < -0.3 is 10.4 Å². The van der Waals surface area contributed by atoms with Gasteiger partial charge in [-0.3, -0.25) is 0 Å². The van der Waals surface area contributed by atoms with Gasteiger partial charge in [0.15, 0.2) is 0 Å². The largest absolute Gasteiger partial charge is 0.396 e. The van der Waals surface area contributed by atoms with Crippen LogP contribution < -0.4 is 5.32 Å². The first-order valence-corrected chi connectivity index (χ1v) is 6.72. The Bertz CT molecular complexity index is 346. The fourth-order valence-electron chi connectivity index (χ4n) is 1.73. The molecule has 1 rings (SSSR count). The molecule has 2 nitrogen and oxygen atoms in total. The Morgan fingerprint density at radius 2 is 2.24 bits per heavy atom. The first-order chi connectivity index (χ1) is 8.19. The summed E-state index contributed by atoms with van der Waals surface area (Å²) in [5, 5.41) is 12.2. The lowest BCUT2D eigenvalue weighted by Crippen LogP contribution is -2.23. The molecule has 96 valence electrons. The van der Waals surface area contributed by atoms with Gasteiger partial charge in [-0.05, 0) is 46.4 Å². The second kappa shape index (κ2) is 7.80. The summed E-state index contributed by atoms with van der Waals surface area (Å²) in [6, 6.07) is 5.05. The minimum atomic E-state index is -0.230. The molecule has 0 aliphatic heterocycles. The number of hydrogen-bond acceptors (Lipinski definition) is 2. The molecule has 0 radical (unpaired) electrons. The molecule has 1 atom stereocenters. The van der Waals surface area contributed by atoms with Gasteiger partial charge in [0.1, 0.15) is 5.82 Å². The average molecular weight is 304 g/mol. The van der Waals surface area contributed by atoms with E-state index in [9.17, 15) is 4.39 Å². The summed E-state index contributed by atoms with van der Waals surface area (Å²) < 4.78 is 13.8. The van der Waals surface area contributed by atoms with E-state index in [1.54, 1.807) is 6.07 Å². The molecular formula is C13H19BrFNO. The minimum Gasteiger partial charge on any atom is -0.396 e. The molecule has 0 aromatic heterocycles. The Morgan fingerprint density at radius 1 is 1.47 bits per heavy atom. The van der Waals surface area contributed by atoms with E-state index in [1.165, 1.54) is 6.07 Å². The molecule has 0 saturated carbocycles. The second-order valence-electron chi connectivity index (χ2n) is 4.13. The van der Waals surface area contributed by atoms with E-state index in [0.29, 0.717) is 16.9 Å². The minimum absolute atomic E-state index is 0.226. The van der Waals surface area contributed by atoms with Crippen molar-refractivity contribution in [1.29, 1.82) is 0 Å². The van der Waals surface area contributed by atoms with Gasteiger partial charge in [-0.1, -0.05) is 25.5 Å². The lowest BCUT2D eigenvalue weighted by Gasteiger charge is -2.14. The maximum atomic E-state index is 13.2. The molecule has 0 aliphatic rings. The molecule has 0 spiro atoms. The maximum absolute atomic E-state index is 13.2. The highest BCUT2D eigenvalue weighted by Crippen LogP contribution is 2.20. The summed E-state index contributed by atoms with van der Waals surface area (Å²) in [6.07, 6.45) is 1.85. The topological polar surface area (TPSA) is 32.3 Å². The van der Waals surface area contributed by atoms with Crippen molar-refractivity contribution >= 4 is 15.9 Å². The SMILES string of the molecule is CCC(CCO)CNCc1cccc(F)c1Br. The first-order valence-electron chi connectivity index (χ1n) is 5.93. The predicted molar refractivity (Wildman–Crippen MR) is 71.3 cm³/mol. The van der Waals surface area contributed by atoms with Gasteiger partial charge in [-0.25, -0.2) is 4.39 Å². The van der Waals surface area contributed by atoms with Crippen LogP contribution in [0.1, 0.15) is 25.3 Å². The van der Waals surface area contributed by atoms with E-state index in [1.807, 2.05) is 6.07 Å². The summed E-state index contributed by atoms with van der Waals surface area (Å²) in [6.45, 7) is 3.82. The lowest BCUT2D eigenvalue weighted by atomic mass is 10.0. The number of aliphatic hydroxyl groups is 1. The van der Waals surface area contributed by atoms with Gasteiger partial charge in [0, 0.05) is 13.2 Å². The number of nitrogens with one attached hydrogen (secondary N) is 1. The molecule has 1 unspecified atom stereocenters. The second-order valence-corrected chi connectivity index (χ2v) is 4.92. The van der Waals surface area contributed by atoms with Gasteiger partial charge in [-0.2, -0.15) is 0 Å².